The Hall–Kier alpha value is -1.02. The van der Waals surface area contributed by atoms with Crippen LogP contribution in [0.1, 0.15) is 31.4 Å². The van der Waals surface area contributed by atoms with E-state index in [-0.39, 0.29) is 0 Å². The summed E-state index contributed by atoms with van der Waals surface area (Å²) < 4.78 is 0. The summed E-state index contributed by atoms with van der Waals surface area (Å²) in [4.78, 5) is 0. The Morgan fingerprint density at radius 2 is 2.19 bits per heavy atom. The van der Waals surface area contributed by atoms with Gasteiger partial charge < -0.3 is 11.1 Å². The highest BCUT2D eigenvalue weighted by Crippen LogP contribution is 2.26. The molecule has 0 saturated heterocycles. The van der Waals surface area contributed by atoms with Crippen LogP contribution >= 0.6 is 0 Å². The number of benzene rings is 1. The van der Waals surface area contributed by atoms with Crippen LogP contribution in [0, 0.1) is 5.92 Å². The molecule has 0 aromatic heterocycles. The molecule has 0 saturated carbocycles. The van der Waals surface area contributed by atoms with Gasteiger partial charge in [0.1, 0.15) is 0 Å². The highest BCUT2D eigenvalue weighted by Gasteiger charge is 2.18. The molecule has 2 rings (SSSR count). The van der Waals surface area contributed by atoms with Gasteiger partial charge in [0.05, 0.1) is 0 Å². The zero-order valence-electron chi connectivity index (χ0n) is 10.3. The van der Waals surface area contributed by atoms with Crippen molar-refractivity contribution in [1.82, 2.24) is 5.32 Å². The minimum absolute atomic E-state index is 0.585. The van der Waals surface area contributed by atoms with E-state index in [1.54, 1.807) is 0 Å². The van der Waals surface area contributed by atoms with Gasteiger partial charge in [-0.25, -0.2) is 0 Å². The van der Waals surface area contributed by atoms with Crippen LogP contribution in [0.15, 0.2) is 18.2 Å². The van der Waals surface area contributed by atoms with Crippen molar-refractivity contribution < 1.29 is 0 Å². The average Bonchev–Trinajstić information content (AvgIpc) is 2.25. The van der Waals surface area contributed by atoms with E-state index in [1.165, 1.54) is 30.4 Å². The maximum absolute atomic E-state index is 5.83. The summed E-state index contributed by atoms with van der Waals surface area (Å²) in [6.45, 7) is 5.54. The van der Waals surface area contributed by atoms with Gasteiger partial charge in [-0.3, -0.25) is 0 Å². The van der Waals surface area contributed by atoms with Gasteiger partial charge >= 0.3 is 0 Å². The Balaban J connectivity index is 1.99. The van der Waals surface area contributed by atoms with Gasteiger partial charge in [0.2, 0.25) is 0 Å². The first kappa shape index (κ1) is 11.5. The predicted octanol–water partition coefficient (Wildman–Crippen LogP) is 2.37. The molecule has 0 spiro atoms. The summed E-state index contributed by atoms with van der Waals surface area (Å²) in [6, 6.07) is 6.95. The number of hydrogen-bond donors (Lipinski definition) is 2. The largest absolute Gasteiger partial charge is 0.399 e. The third kappa shape index (κ3) is 2.76. The molecular weight excluding hydrogens is 196 g/mol. The molecule has 1 aliphatic rings. The second-order valence-corrected chi connectivity index (χ2v) is 5.20. The topological polar surface area (TPSA) is 38.0 Å². The summed E-state index contributed by atoms with van der Waals surface area (Å²) in [7, 11) is 0. The Labute approximate surface area is 98.2 Å². The van der Waals surface area contributed by atoms with E-state index < -0.39 is 0 Å². The molecule has 0 heterocycles. The van der Waals surface area contributed by atoms with Gasteiger partial charge in [0.15, 0.2) is 0 Å². The number of hydrogen-bond acceptors (Lipinski definition) is 2. The van der Waals surface area contributed by atoms with Crippen LogP contribution < -0.4 is 11.1 Å². The molecule has 1 aromatic carbocycles. The molecule has 0 bridgehead atoms. The highest BCUT2D eigenvalue weighted by molar-refractivity contribution is 5.45. The van der Waals surface area contributed by atoms with Crippen LogP contribution in [0.2, 0.25) is 0 Å². The molecule has 0 radical (unpaired) electrons. The van der Waals surface area contributed by atoms with Crippen LogP contribution in [-0.2, 0) is 12.8 Å². The molecule has 88 valence electrons. The third-order valence-electron chi connectivity index (χ3n) is 3.38. The van der Waals surface area contributed by atoms with E-state index in [0.29, 0.717) is 6.04 Å². The molecule has 2 nitrogen and oxygen atoms in total. The van der Waals surface area contributed by atoms with E-state index in [0.717, 1.165) is 18.2 Å². The van der Waals surface area contributed by atoms with Crippen molar-refractivity contribution in [2.45, 2.75) is 39.2 Å². The van der Waals surface area contributed by atoms with Crippen LogP contribution in [0.5, 0.6) is 0 Å². The first-order valence-corrected chi connectivity index (χ1v) is 6.26. The van der Waals surface area contributed by atoms with E-state index >= 15 is 0 Å². The highest BCUT2D eigenvalue weighted by atomic mass is 14.9. The summed E-state index contributed by atoms with van der Waals surface area (Å²) in [5.41, 5.74) is 9.69. The zero-order chi connectivity index (χ0) is 11.5. The zero-order valence-corrected chi connectivity index (χ0v) is 10.3. The van der Waals surface area contributed by atoms with Crippen molar-refractivity contribution in [3.63, 3.8) is 0 Å². The fraction of sp³-hybridized carbons (Fsp3) is 0.571. The lowest BCUT2D eigenvalue weighted by molar-refractivity contribution is 0.407. The van der Waals surface area contributed by atoms with E-state index in [4.69, 9.17) is 5.73 Å². The number of nitrogens with one attached hydrogen (secondary N) is 1. The van der Waals surface area contributed by atoms with Gasteiger partial charge in [0, 0.05) is 11.7 Å². The van der Waals surface area contributed by atoms with Gasteiger partial charge in [-0.05, 0) is 55.0 Å². The third-order valence-corrected chi connectivity index (χ3v) is 3.38. The Morgan fingerprint density at radius 1 is 1.38 bits per heavy atom. The van der Waals surface area contributed by atoms with Crippen molar-refractivity contribution in [2.75, 3.05) is 12.3 Å². The molecule has 0 fully saturated rings. The minimum atomic E-state index is 0.585. The van der Waals surface area contributed by atoms with Gasteiger partial charge in [-0.15, -0.1) is 0 Å². The van der Waals surface area contributed by atoms with Crippen LogP contribution in [-0.4, -0.2) is 12.6 Å². The second-order valence-electron chi connectivity index (χ2n) is 5.20. The summed E-state index contributed by atoms with van der Waals surface area (Å²) in [6.07, 6.45) is 3.69. The van der Waals surface area contributed by atoms with Crippen molar-refractivity contribution in [3.8, 4) is 0 Å². The van der Waals surface area contributed by atoms with Crippen molar-refractivity contribution in [2.24, 2.45) is 5.92 Å². The SMILES string of the molecule is CC(C)NCC1CCc2ccc(N)cc2C1. The first-order chi connectivity index (χ1) is 7.65. The Morgan fingerprint density at radius 3 is 2.94 bits per heavy atom. The fourth-order valence-corrected chi connectivity index (χ4v) is 2.43. The maximum atomic E-state index is 5.83. The predicted molar refractivity (Wildman–Crippen MR) is 69.5 cm³/mol. The number of anilines is 1. The monoisotopic (exact) mass is 218 g/mol. The smallest absolute Gasteiger partial charge is 0.0316 e. The van der Waals surface area contributed by atoms with Gasteiger partial charge in [-0.2, -0.15) is 0 Å². The lowest BCUT2D eigenvalue weighted by Gasteiger charge is -2.26. The number of nitrogen functional groups attached to an aromatic ring is 1. The molecule has 1 atom stereocenters. The number of nitrogens with two attached hydrogens (primary N) is 1. The van der Waals surface area contributed by atoms with Crippen molar-refractivity contribution in [1.29, 1.82) is 0 Å². The van der Waals surface area contributed by atoms with Crippen molar-refractivity contribution in [3.05, 3.63) is 29.3 Å². The summed E-state index contributed by atoms with van der Waals surface area (Å²) in [5, 5.41) is 3.53. The quantitative estimate of drug-likeness (QED) is 0.764. The molecule has 2 heteroatoms. The molecule has 1 aromatic rings. The number of rotatable bonds is 3. The Bertz CT molecular complexity index is 358. The molecule has 0 amide bonds. The van der Waals surface area contributed by atoms with Crippen LogP contribution in [0.3, 0.4) is 0 Å². The molecular formula is C14H22N2. The normalized spacial score (nSPS) is 19.8. The number of fused-ring (bicyclic) bond motifs is 1. The molecule has 1 unspecified atom stereocenters. The molecule has 3 N–H and O–H groups in total. The second kappa shape index (κ2) is 4.88. The lowest BCUT2D eigenvalue weighted by atomic mass is 9.83. The molecule has 0 aliphatic heterocycles. The summed E-state index contributed by atoms with van der Waals surface area (Å²) >= 11 is 0. The lowest BCUT2D eigenvalue weighted by Crippen LogP contribution is -2.31. The summed E-state index contributed by atoms with van der Waals surface area (Å²) in [5.74, 6) is 0.775. The first-order valence-electron chi connectivity index (χ1n) is 6.26. The Kier molecular flexibility index (Phi) is 3.49. The van der Waals surface area contributed by atoms with E-state index in [1.807, 2.05) is 6.07 Å². The standard InChI is InChI=1S/C14H22N2/c1-10(2)16-9-11-3-4-12-5-6-14(15)8-13(12)7-11/h5-6,8,10-11,16H,3-4,7,9,15H2,1-2H3. The number of aryl methyl sites for hydroxylation is 1. The van der Waals surface area contributed by atoms with Gasteiger partial charge in [0.25, 0.3) is 0 Å². The van der Waals surface area contributed by atoms with E-state index in [2.05, 4.69) is 31.3 Å². The molecule has 16 heavy (non-hydrogen) atoms. The molecule has 1 aliphatic carbocycles. The maximum Gasteiger partial charge on any atom is 0.0316 e. The average molecular weight is 218 g/mol. The van der Waals surface area contributed by atoms with Crippen molar-refractivity contribution >= 4 is 5.69 Å². The van der Waals surface area contributed by atoms with Crippen LogP contribution in [0.4, 0.5) is 5.69 Å². The van der Waals surface area contributed by atoms with Crippen LogP contribution in [0.25, 0.3) is 0 Å². The minimum Gasteiger partial charge on any atom is -0.399 e. The van der Waals surface area contributed by atoms with Gasteiger partial charge in [-0.1, -0.05) is 19.9 Å². The fourth-order valence-electron chi connectivity index (χ4n) is 2.43. The van der Waals surface area contributed by atoms with E-state index in [9.17, 15) is 0 Å².